The van der Waals surface area contributed by atoms with Crippen LogP contribution in [0.15, 0.2) is 0 Å². The maximum absolute atomic E-state index is 6.00. The average molecular weight is 274 g/mol. The third-order valence-electron chi connectivity index (χ3n) is 3.18. The molecule has 0 saturated heterocycles. The van der Waals surface area contributed by atoms with Crippen molar-refractivity contribution in [3.63, 3.8) is 0 Å². The second-order valence-electron chi connectivity index (χ2n) is 4.14. The first-order valence-electron chi connectivity index (χ1n) is 5.21. The van der Waals surface area contributed by atoms with Gasteiger partial charge in [-0.3, -0.25) is 0 Å². The second kappa shape index (κ2) is 5.48. The fraction of sp³-hybridized carbons (Fsp3) is 1.00. The summed E-state index contributed by atoms with van der Waals surface area (Å²) >= 11 is 1.43. The van der Waals surface area contributed by atoms with Gasteiger partial charge in [-0.2, -0.15) is 0 Å². The topological polar surface area (TPSA) is 26.0 Å². The second-order valence-corrected chi connectivity index (χ2v) is 5.79. The molecule has 3 atom stereocenters. The van der Waals surface area contributed by atoms with Gasteiger partial charge in [0, 0.05) is 0 Å². The predicted molar refractivity (Wildman–Crippen MR) is 55.7 cm³/mol. The molecule has 3 unspecified atom stereocenters. The summed E-state index contributed by atoms with van der Waals surface area (Å²) in [7, 11) is 0. The van der Waals surface area contributed by atoms with Crippen molar-refractivity contribution >= 4 is 22.5 Å². The van der Waals surface area contributed by atoms with E-state index in [4.69, 9.17) is 5.73 Å². The average Bonchev–Trinajstić information content (AvgIpc) is 2.05. The minimum absolute atomic E-state index is 0.433. The zero-order valence-corrected chi connectivity index (χ0v) is 11.4. The molecule has 2 N–H and O–H groups in total. The van der Waals surface area contributed by atoms with Crippen molar-refractivity contribution in [1.29, 1.82) is 0 Å². The van der Waals surface area contributed by atoms with Crippen molar-refractivity contribution in [2.75, 3.05) is 0 Å². The quantitative estimate of drug-likeness (QED) is 0.781. The van der Waals surface area contributed by atoms with Crippen molar-refractivity contribution in [2.24, 2.45) is 17.6 Å². The zero-order valence-electron chi connectivity index (χ0n) is 8.13. The van der Waals surface area contributed by atoms with Gasteiger partial charge in [0.2, 0.25) is 0 Å². The Hall–Kier alpha value is 0.759. The van der Waals surface area contributed by atoms with Gasteiger partial charge in [0.25, 0.3) is 0 Å². The molecular weight excluding hydrogens is 253 g/mol. The molecule has 70 valence electrons. The van der Waals surface area contributed by atoms with Crippen LogP contribution in [0.3, 0.4) is 0 Å². The minimum atomic E-state index is 0.433. The van der Waals surface area contributed by atoms with Crippen LogP contribution in [0.5, 0.6) is 0 Å². The van der Waals surface area contributed by atoms with Crippen LogP contribution in [0.4, 0.5) is 0 Å². The van der Waals surface area contributed by atoms with E-state index in [9.17, 15) is 0 Å². The van der Waals surface area contributed by atoms with Gasteiger partial charge in [0.15, 0.2) is 0 Å². The number of nitrogens with two attached hydrogens (primary N) is 1. The third-order valence-corrected chi connectivity index (χ3v) is 4.13. The monoisotopic (exact) mass is 275 g/mol. The van der Waals surface area contributed by atoms with Gasteiger partial charge >= 0.3 is 89.6 Å². The van der Waals surface area contributed by atoms with Crippen LogP contribution >= 0.6 is 0 Å². The predicted octanol–water partition coefficient (Wildman–Crippen LogP) is 1.85. The van der Waals surface area contributed by atoms with E-state index in [-0.39, 0.29) is 0 Å². The summed E-state index contributed by atoms with van der Waals surface area (Å²) in [6.45, 7) is 2.19. The summed E-state index contributed by atoms with van der Waals surface area (Å²) in [4.78, 5) is 0. The molecule has 1 rings (SSSR count). The first-order chi connectivity index (χ1) is 5.75. The van der Waals surface area contributed by atoms with Crippen molar-refractivity contribution in [1.82, 2.24) is 0 Å². The van der Waals surface area contributed by atoms with E-state index in [0.29, 0.717) is 6.04 Å². The van der Waals surface area contributed by atoms with Crippen LogP contribution < -0.4 is 5.73 Å². The molecule has 2 radical (unpaired) electrons. The summed E-state index contributed by atoms with van der Waals surface area (Å²) in [5.74, 6) is 1.81. The Bertz CT molecular complexity index is 123. The number of hydrogen-bond donors (Lipinski definition) is 1. The van der Waals surface area contributed by atoms with Crippen LogP contribution in [0.1, 0.15) is 39.0 Å². The molecule has 1 fully saturated rings. The van der Waals surface area contributed by atoms with Gasteiger partial charge in [0.05, 0.1) is 0 Å². The number of rotatable bonds is 3. The van der Waals surface area contributed by atoms with Gasteiger partial charge in [0.1, 0.15) is 0 Å². The van der Waals surface area contributed by atoms with Crippen molar-refractivity contribution in [3.8, 4) is 0 Å². The summed E-state index contributed by atoms with van der Waals surface area (Å²) in [5, 5.41) is 0. The Labute approximate surface area is 89.6 Å². The molecule has 0 spiro atoms. The van der Waals surface area contributed by atoms with Gasteiger partial charge in [-0.25, -0.2) is 0 Å². The first kappa shape index (κ1) is 10.8. The molecule has 1 saturated carbocycles. The molecule has 2 heteroatoms. The molecule has 0 aromatic heterocycles. The van der Waals surface area contributed by atoms with E-state index < -0.39 is 0 Å². The van der Waals surface area contributed by atoms with Gasteiger partial charge in [-0.15, -0.1) is 0 Å². The Morgan fingerprint density at radius 1 is 1.42 bits per heavy atom. The molecule has 0 bridgehead atoms. The molecule has 0 heterocycles. The summed E-state index contributed by atoms with van der Waals surface area (Å²) < 4.78 is 1.46. The molecule has 1 aliphatic rings. The van der Waals surface area contributed by atoms with Crippen molar-refractivity contribution in [2.45, 2.75) is 49.5 Å². The van der Waals surface area contributed by atoms with Crippen molar-refractivity contribution < 1.29 is 0 Å². The Morgan fingerprint density at radius 3 is 2.67 bits per heavy atom. The fourth-order valence-electron chi connectivity index (χ4n) is 2.50. The van der Waals surface area contributed by atoms with Crippen LogP contribution in [-0.4, -0.2) is 28.6 Å². The first-order valence-corrected chi connectivity index (χ1v) is 7.54. The van der Waals surface area contributed by atoms with Gasteiger partial charge in [-0.1, -0.05) is 0 Å². The third kappa shape index (κ3) is 2.91. The zero-order chi connectivity index (χ0) is 8.97. The van der Waals surface area contributed by atoms with Crippen LogP contribution in [-0.2, 0) is 0 Å². The van der Waals surface area contributed by atoms with Crippen molar-refractivity contribution in [3.05, 3.63) is 0 Å². The van der Waals surface area contributed by atoms with E-state index in [1.54, 1.807) is 0 Å². The van der Waals surface area contributed by atoms with Crippen LogP contribution in [0.2, 0.25) is 4.44 Å². The van der Waals surface area contributed by atoms with E-state index in [2.05, 4.69) is 6.92 Å². The summed E-state index contributed by atoms with van der Waals surface area (Å²) in [6.07, 6.45) is 7.17. The molecule has 12 heavy (non-hydrogen) atoms. The summed E-state index contributed by atoms with van der Waals surface area (Å²) in [5.41, 5.74) is 6.00. The van der Waals surface area contributed by atoms with Crippen LogP contribution in [0.25, 0.3) is 0 Å². The molecule has 1 aliphatic carbocycles. The van der Waals surface area contributed by atoms with Crippen LogP contribution in [0, 0.1) is 11.8 Å². The van der Waals surface area contributed by atoms with E-state index >= 15 is 0 Å². The Balaban J connectivity index is 2.42. The Morgan fingerprint density at radius 2 is 2.08 bits per heavy atom. The van der Waals surface area contributed by atoms with Gasteiger partial charge < -0.3 is 0 Å². The molecular formula is C10H21NSn. The standard InChI is InChI=1S/C10H20N.Sn.H/c1-3-9-6-4-5-7-10(9)8(2)11;;/h8-10H,1,3-7,11H2,2H3;;. The Kier molecular flexibility index (Phi) is 4.95. The molecule has 0 amide bonds. The maximum atomic E-state index is 6.00. The summed E-state index contributed by atoms with van der Waals surface area (Å²) in [6, 6.07) is 0.433. The normalized spacial score (nSPS) is 33.2. The fourth-order valence-corrected chi connectivity index (χ4v) is 3.72. The molecule has 0 aromatic rings. The SMILES string of the molecule is CC(N)C1CCCCC1C[CH2][SnH]. The molecule has 0 aromatic carbocycles. The van der Waals surface area contributed by atoms with E-state index in [1.807, 2.05) is 0 Å². The van der Waals surface area contributed by atoms with Gasteiger partial charge in [-0.05, 0) is 0 Å². The van der Waals surface area contributed by atoms with E-state index in [0.717, 1.165) is 11.8 Å². The van der Waals surface area contributed by atoms with E-state index in [1.165, 1.54) is 59.1 Å². The number of hydrogen-bond acceptors (Lipinski definition) is 1. The molecule has 0 aliphatic heterocycles. The molecule has 1 nitrogen and oxygen atoms in total.